The van der Waals surface area contributed by atoms with E-state index in [2.05, 4.69) is 30.8 Å². The first kappa shape index (κ1) is 31.8. The molecule has 2 aromatic rings. The number of ether oxygens (including phenoxy) is 5. The van der Waals surface area contributed by atoms with E-state index < -0.39 is 30.4 Å². The number of esters is 2. The second-order valence-electron chi connectivity index (χ2n) is 11.2. The molecule has 0 radical (unpaired) electrons. The lowest BCUT2D eigenvalue weighted by Gasteiger charge is -2.29. The molecule has 0 unspecified atom stereocenters. The molecule has 0 amide bonds. The van der Waals surface area contributed by atoms with E-state index in [-0.39, 0.29) is 13.2 Å². The van der Waals surface area contributed by atoms with Crippen LogP contribution in [0.5, 0.6) is 0 Å². The summed E-state index contributed by atoms with van der Waals surface area (Å²) in [4.78, 5) is 24.8. The first-order valence-corrected chi connectivity index (χ1v) is 15.6. The number of hydrogen-bond acceptors (Lipinski definition) is 7. The first-order chi connectivity index (χ1) is 20.5. The summed E-state index contributed by atoms with van der Waals surface area (Å²) in [5.41, 5.74) is 4.36. The van der Waals surface area contributed by atoms with E-state index in [0.29, 0.717) is 5.92 Å². The Balaban J connectivity index is 1.27. The van der Waals surface area contributed by atoms with Crippen molar-refractivity contribution in [3.8, 4) is 11.1 Å². The van der Waals surface area contributed by atoms with Crippen molar-refractivity contribution in [2.24, 2.45) is 5.92 Å². The van der Waals surface area contributed by atoms with Crippen LogP contribution in [0.3, 0.4) is 0 Å². The molecule has 0 N–H and O–H groups in total. The lowest BCUT2D eigenvalue weighted by atomic mass is 9.77. The molecular weight excluding hydrogens is 532 g/mol. The Kier molecular flexibility index (Phi) is 12.5. The summed E-state index contributed by atoms with van der Waals surface area (Å²) in [7, 11) is 0. The van der Waals surface area contributed by atoms with Gasteiger partial charge in [-0.3, -0.25) is 0 Å². The number of hydrogen-bond donors (Lipinski definition) is 0. The molecule has 2 aromatic carbocycles. The van der Waals surface area contributed by atoms with Crippen LogP contribution < -0.4 is 0 Å². The van der Waals surface area contributed by atoms with Gasteiger partial charge in [-0.25, -0.2) is 9.59 Å². The number of rotatable bonds is 15. The Bertz CT molecular complexity index is 1090. The van der Waals surface area contributed by atoms with Crippen LogP contribution in [0.4, 0.5) is 0 Å². The van der Waals surface area contributed by atoms with Crippen LogP contribution in [-0.4, -0.2) is 44.0 Å². The van der Waals surface area contributed by atoms with E-state index in [1.807, 2.05) is 24.3 Å². The lowest BCUT2D eigenvalue weighted by Crippen LogP contribution is -2.39. The molecule has 1 aliphatic carbocycles. The topological polar surface area (TPSA) is 80.3 Å². The van der Waals surface area contributed by atoms with Gasteiger partial charge in [-0.15, -0.1) is 0 Å². The third-order valence-electron chi connectivity index (χ3n) is 8.34. The maximum absolute atomic E-state index is 12.4. The molecule has 2 aliphatic rings. The predicted octanol–water partition coefficient (Wildman–Crippen LogP) is 7.65. The van der Waals surface area contributed by atoms with Gasteiger partial charge in [-0.05, 0) is 74.5 Å². The Morgan fingerprint density at radius 3 is 1.81 bits per heavy atom. The largest absolute Gasteiger partial charge is 0.502 e. The highest BCUT2D eigenvalue weighted by Crippen LogP contribution is 2.39. The van der Waals surface area contributed by atoms with Crippen LogP contribution in [-0.2, 0) is 33.3 Å². The summed E-state index contributed by atoms with van der Waals surface area (Å²) in [6.07, 6.45) is 9.88. The molecule has 7 heteroatoms. The van der Waals surface area contributed by atoms with E-state index in [9.17, 15) is 9.59 Å². The normalized spacial score (nSPS) is 22.4. The molecule has 2 fully saturated rings. The van der Waals surface area contributed by atoms with E-state index >= 15 is 0 Å². The molecule has 0 bridgehead atoms. The van der Waals surface area contributed by atoms with Gasteiger partial charge >= 0.3 is 11.9 Å². The highest BCUT2D eigenvalue weighted by molar-refractivity contribution is 5.86. The summed E-state index contributed by atoms with van der Waals surface area (Å²) in [6.45, 7) is 8.15. The third-order valence-corrected chi connectivity index (χ3v) is 8.34. The van der Waals surface area contributed by atoms with Crippen molar-refractivity contribution >= 4 is 11.9 Å². The van der Waals surface area contributed by atoms with Crippen LogP contribution >= 0.6 is 0 Å². The number of carbonyl (C=O) groups is 2. The zero-order valence-corrected chi connectivity index (χ0v) is 25.1. The molecule has 1 heterocycles. The van der Waals surface area contributed by atoms with Gasteiger partial charge in [0, 0.05) is 5.56 Å². The van der Waals surface area contributed by atoms with Gasteiger partial charge in [0.1, 0.15) is 0 Å². The van der Waals surface area contributed by atoms with E-state index in [0.717, 1.165) is 35.6 Å². The fourth-order valence-corrected chi connectivity index (χ4v) is 6.03. The second kappa shape index (κ2) is 16.5. The van der Waals surface area contributed by atoms with Crippen molar-refractivity contribution in [1.82, 2.24) is 0 Å². The first-order valence-electron chi connectivity index (χ1n) is 15.6. The molecule has 4 rings (SSSR count). The van der Waals surface area contributed by atoms with Gasteiger partial charge in [0.25, 0.3) is 0 Å². The molecule has 0 spiro atoms. The summed E-state index contributed by atoms with van der Waals surface area (Å²) < 4.78 is 27.0. The zero-order chi connectivity index (χ0) is 29.7. The monoisotopic (exact) mass is 578 g/mol. The Labute approximate surface area is 250 Å². The van der Waals surface area contributed by atoms with Gasteiger partial charge in [0.2, 0.25) is 0 Å². The fraction of sp³-hybridized carbons (Fsp3) is 0.543. The highest BCUT2D eigenvalue weighted by Gasteiger charge is 2.47. The van der Waals surface area contributed by atoms with Crippen LogP contribution in [0.25, 0.3) is 11.1 Å². The molecule has 7 nitrogen and oxygen atoms in total. The number of unbranched alkanes of at least 4 members (excludes halogenated alkanes) is 3. The Morgan fingerprint density at radius 1 is 0.762 bits per heavy atom. The van der Waals surface area contributed by atoms with Crippen molar-refractivity contribution < 1.29 is 33.3 Å². The predicted molar refractivity (Wildman–Crippen MR) is 162 cm³/mol. The van der Waals surface area contributed by atoms with Crippen LogP contribution in [0.2, 0.25) is 0 Å². The van der Waals surface area contributed by atoms with E-state index in [1.54, 1.807) is 13.8 Å². The average molecular weight is 579 g/mol. The highest BCUT2D eigenvalue weighted by atomic mass is 16.8. The standard InChI is InChI=1S/C35H46O7/c1-4-38-24-10-8-7-9-11-25-12-14-26(15-13-25)27-16-18-28(19-17-27)29-20-22-30(23-21-29)35-41-31(33(36)39-5-2)32(42-35)34(37)40-6-3/h4,16-23,25-26,31-32,35H,1,5-15,24H2,2-3H3/t25-,26-,31-,32-/m1/s1. The molecular formula is C35H46O7. The Hall–Kier alpha value is -3.16. The van der Waals surface area contributed by atoms with Crippen molar-refractivity contribution in [3.63, 3.8) is 0 Å². The SMILES string of the molecule is C=COCCCCCC[C@H]1CC[C@H](c2ccc(-c3ccc(C4O[C@@H](C(=O)OCC)[C@H](C(=O)OCC)O4)cc3)cc2)CC1. The Morgan fingerprint density at radius 2 is 1.29 bits per heavy atom. The fourth-order valence-electron chi connectivity index (χ4n) is 6.03. The van der Waals surface area contributed by atoms with Crippen molar-refractivity contribution in [1.29, 1.82) is 0 Å². The molecule has 1 aliphatic heterocycles. The summed E-state index contributed by atoms with van der Waals surface area (Å²) >= 11 is 0. The molecule has 228 valence electrons. The quantitative estimate of drug-likeness (QED) is 0.122. The van der Waals surface area contributed by atoms with Crippen molar-refractivity contribution in [2.75, 3.05) is 19.8 Å². The minimum atomic E-state index is -1.16. The number of benzene rings is 2. The molecule has 42 heavy (non-hydrogen) atoms. The zero-order valence-electron chi connectivity index (χ0n) is 25.1. The molecule has 0 aromatic heterocycles. The van der Waals surface area contributed by atoms with Crippen LogP contribution in [0.15, 0.2) is 61.4 Å². The third kappa shape index (κ3) is 8.68. The van der Waals surface area contributed by atoms with E-state index in [4.69, 9.17) is 23.7 Å². The van der Waals surface area contributed by atoms with Gasteiger partial charge in [-0.2, -0.15) is 0 Å². The lowest BCUT2D eigenvalue weighted by molar-refractivity contribution is -0.163. The van der Waals surface area contributed by atoms with Gasteiger partial charge in [0.05, 0.1) is 26.1 Å². The molecule has 1 saturated carbocycles. The van der Waals surface area contributed by atoms with Gasteiger partial charge in [-0.1, -0.05) is 80.8 Å². The minimum Gasteiger partial charge on any atom is -0.502 e. The van der Waals surface area contributed by atoms with Crippen molar-refractivity contribution in [3.05, 3.63) is 72.5 Å². The average Bonchev–Trinajstić information content (AvgIpc) is 3.48. The molecule has 2 atom stereocenters. The summed E-state index contributed by atoms with van der Waals surface area (Å²) in [6, 6.07) is 16.8. The van der Waals surface area contributed by atoms with Crippen LogP contribution in [0, 0.1) is 5.92 Å². The second-order valence-corrected chi connectivity index (χ2v) is 11.2. The van der Waals surface area contributed by atoms with Crippen molar-refractivity contribution in [2.45, 2.75) is 96.1 Å². The molecule has 1 saturated heterocycles. The van der Waals surface area contributed by atoms with E-state index in [1.165, 1.54) is 63.2 Å². The number of carbonyl (C=O) groups excluding carboxylic acids is 2. The van der Waals surface area contributed by atoms with Gasteiger partial charge in [0.15, 0.2) is 18.5 Å². The van der Waals surface area contributed by atoms with Gasteiger partial charge < -0.3 is 23.7 Å². The minimum absolute atomic E-state index is 0.182. The smallest absolute Gasteiger partial charge is 0.338 e. The summed E-state index contributed by atoms with van der Waals surface area (Å²) in [5.74, 6) is 0.246. The van der Waals surface area contributed by atoms with Crippen LogP contribution in [0.1, 0.15) is 95.0 Å². The summed E-state index contributed by atoms with van der Waals surface area (Å²) in [5, 5.41) is 0. The maximum atomic E-state index is 12.4. The maximum Gasteiger partial charge on any atom is 0.338 e.